The monoisotopic (exact) mass is 225 g/mol. The fraction of sp³-hybridized carbons (Fsp3) is 0.154. The van der Waals surface area contributed by atoms with Crippen molar-refractivity contribution >= 4 is 16.8 Å². The molecule has 4 heteroatoms. The highest BCUT2D eigenvalue weighted by Gasteiger charge is 2.09. The van der Waals surface area contributed by atoms with E-state index in [1.165, 1.54) is 0 Å². The number of fused-ring (bicyclic) bond motifs is 1. The molecule has 0 saturated carbocycles. The van der Waals surface area contributed by atoms with Gasteiger partial charge >= 0.3 is 0 Å². The van der Waals surface area contributed by atoms with Crippen molar-refractivity contribution in [2.24, 2.45) is 0 Å². The minimum atomic E-state index is -0.493. The van der Waals surface area contributed by atoms with Crippen LogP contribution in [0.1, 0.15) is 17.3 Å². The number of carbonyl (C=O) groups excluding carboxylic acids is 1. The van der Waals surface area contributed by atoms with E-state index in [0.717, 1.165) is 10.9 Å². The zero-order chi connectivity index (χ0) is 12.3. The number of benzene rings is 1. The molecule has 84 valence electrons. The molecule has 4 nitrogen and oxygen atoms in total. The first-order chi connectivity index (χ1) is 8.20. The topological polar surface area (TPSA) is 65.8 Å². The molecule has 1 aromatic heterocycles. The first-order valence-corrected chi connectivity index (χ1v) is 5.26. The molecule has 1 heterocycles. The molecule has 0 aliphatic heterocycles. The summed E-state index contributed by atoms with van der Waals surface area (Å²) < 4.78 is 0. The van der Waals surface area contributed by atoms with Gasteiger partial charge in [-0.3, -0.25) is 9.78 Å². The minimum absolute atomic E-state index is 0.246. The van der Waals surface area contributed by atoms with Crippen molar-refractivity contribution < 1.29 is 4.79 Å². The Morgan fingerprint density at radius 1 is 1.47 bits per heavy atom. The number of carbonyl (C=O) groups is 1. The molecule has 0 spiro atoms. The second kappa shape index (κ2) is 4.62. The molecular formula is C13H11N3O. The first-order valence-electron chi connectivity index (χ1n) is 5.26. The molecule has 0 radical (unpaired) electrons. The Balaban J connectivity index is 2.31. The predicted molar refractivity (Wildman–Crippen MR) is 64.3 cm³/mol. The number of nitrogens with zero attached hydrogens (tertiary/aromatic N) is 2. The highest BCUT2D eigenvalue weighted by Crippen LogP contribution is 2.13. The average Bonchev–Trinajstić information content (AvgIpc) is 2.38. The van der Waals surface area contributed by atoms with Crippen molar-refractivity contribution in [3.05, 3.63) is 42.1 Å². The van der Waals surface area contributed by atoms with E-state index in [1.54, 1.807) is 31.3 Å². The van der Waals surface area contributed by atoms with Gasteiger partial charge in [0.25, 0.3) is 5.91 Å². The molecule has 17 heavy (non-hydrogen) atoms. The van der Waals surface area contributed by atoms with Crippen LogP contribution in [0.15, 0.2) is 36.5 Å². The van der Waals surface area contributed by atoms with Crippen molar-refractivity contribution in [3.63, 3.8) is 0 Å². The van der Waals surface area contributed by atoms with Crippen LogP contribution in [0.25, 0.3) is 10.9 Å². The Bertz CT molecular complexity index is 601. The first kappa shape index (κ1) is 11.1. The maximum atomic E-state index is 11.8. The standard InChI is InChI=1S/C13H11N3O/c1-9(8-14)16-13(17)11-4-5-12-10(7-11)3-2-6-15-12/h2-7,9H,1H3,(H,16,17). The molecule has 2 rings (SSSR count). The highest BCUT2D eigenvalue weighted by molar-refractivity contribution is 5.98. The van der Waals surface area contributed by atoms with Crippen molar-refractivity contribution in [1.29, 1.82) is 5.26 Å². The van der Waals surface area contributed by atoms with E-state index in [9.17, 15) is 4.79 Å². The third-order valence-electron chi connectivity index (χ3n) is 2.41. The third kappa shape index (κ3) is 2.40. The van der Waals surface area contributed by atoms with Crippen LogP contribution in [0.5, 0.6) is 0 Å². The molecule has 2 aromatic rings. The number of amides is 1. The van der Waals surface area contributed by atoms with E-state index in [1.807, 2.05) is 18.2 Å². The van der Waals surface area contributed by atoms with Crippen molar-refractivity contribution in [1.82, 2.24) is 10.3 Å². The maximum Gasteiger partial charge on any atom is 0.252 e. The Morgan fingerprint density at radius 2 is 2.29 bits per heavy atom. The van der Waals surface area contributed by atoms with Gasteiger partial charge in [-0.1, -0.05) is 6.07 Å². The molecule has 0 aliphatic rings. The Labute approximate surface area is 98.9 Å². The number of hydrogen-bond acceptors (Lipinski definition) is 3. The number of rotatable bonds is 2. The molecule has 1 unspecified atom stereocenters. The SMILES string of the molecule is CC(C#N)NC(=O)c1ccc2ncccc2c1. The highest BCUT2D eigenvalue weighted by atomic mass is 16.1. The molecule has 1 atom stereocenters. The van der Waals surface area contributed by atoms with Gasteiger partial charge in [-0.25, -0.2) is 0 Å². The average molecular weight is 225 g/mol. The molecule has 0 bridgehead atoms. The molecule has 0 aliphatic carbocycles. The Morgan fingerprint density at radius 3 is 3.06 bits per heavy atom. The van der Waals surface area contributed by atoms with Crippen LogP contribution in [0.3, 0.4) is 0 Å². The van der Waals surface area contributed by atoms with Gasteiger partial charge in [0.15, 0.2) is 0 Å². The van der Waals surface area contributed by atoms with Crippen LogP contribution >= 0.6 is 0 Å². The molecule has 0 fully saturated rings. The fourth-order valence-electron chi connectivity index (χ4n) is 1.53. The molecule has 1 N–H and O–H groups in total. The van der Waals surface area contributed by atoms with Gasteiger partial charge in [-0.05, 0) is 31.2 Å². The summed E-state index contributed by atoms with van der Waals surface area (Å²) in [6, 6.07) is 10.4. The molecule has 1 aromatic carbocycles. The van der Waals surface area contributed by atoms with Crippen LogP contribution in [-0.4, -0.2) is 16.9 Å². The van der Waals surface area contributed by atoms with Crippen LogP contribution in [0.4, 0.5) is 0 Å². The van der Waals surface area contributed by atoms with Crippen molar-refractivity contribution in [3.8, 4) is 6.07 Å². The summed E-state index contributed by atoms with van der Waals surface area (Å²) in [5, 5.41) is 12.1. The quantitative estimate of drug-likeness (QED) is 0.848. The Kier molecular flexibility index (Phi) is 3.01. The molecule has 1 amide bonds. The number of hydrogen-bond donors (Lipinski definition) is 1. The fourth-order valence-corrected chi connectivity index (χ4v) is 1.53. The summed E-state index contributed by atoms with van der Waals surface area (Å²) in [4.78, 5) is 15.9. The van der Waals surface area contributed by atoms with E-state index in [-0.39, 0.29) is 5.91 Å². The van der Waals surface area contributed by atoms with Gasteiger partial charge in [0.2, 0.25) is 0 Å². The zero-order valence-corrected chi connectivity index (χ0v) is 9.34. The van der Waals surface area contributed by atoms with Gasteiger partial charge in [0, 0.05) is 17.1 Å². The predicted octanol–water partition coefficient (Wildman–Crippen LogP) is 1.88. The van der Waals surface area contributed by atoms with Gasteiger partial charge in [0.05, 0.1) is 11.6 Å². The third-order valence-corrected chi connectivity index (χ3v) is 2.41. The number of pyridine rings is 1. The lowest BCUT2D eigenvalue weighted by Crippen LogP contribution is -2.31. The van der Waals surface area contributed by atoms with Crippen LogP contribution in [-0.2, 0) is 0 Å². The molecule has 0 saturated heterocycles. The Hall–Kier alpha value is -2.41. The van der Waals surface area contributed by atoms with E-state index < -0.39 is 6.04 Å². The van der Waals surface area contributed by atoms with E-state index in [4.69, 9.17) is 5.26 Å². The molecular weight excluding hydrogens is 214 g/mol. The number of aromatic nitrogens is 1. The van der Waals surface area contributed by atoms with Crippen LogP contribution < -0.4 is 5.32 Å². The summed E-state index contributed by atoms with van der Waals surface area (Å²) in [5.41, 5.74) is 1.38. The van der Waals surface area contributed by atoms with E-state index in [2.05, 4.69) is 10.3 Å². The number of nitrogens with one attached hydrogen (secondary N) is 1. The van der Waals surface area contributed by atoms with E-state index >= 15 is 0 Å². The zero-order valence-electron chi connectivity index (χ0n) is 9.34. The second-order valence-corrected chi connectivity index (χ2v) is 3.74. The van der Waals surface area contributed by atoms with Crippen molar-refractivity contribution in [2.75, 3.05) is 0 Å². The van der Waals surface area contributed by atoms with Gasteiger partial charge < -0.3 is 5.32 Å². The van der Waals surface area contributed by atoms with Crippen LogP contribution in [0, 0.1) is 11.3 Å². The van der Waals surface area contributed by atoms with Gasteiger partial charge in [-0.15, -0.1) is 0 Å². The maximum absolute atomic E-state index is 11.8. The summed E-state index contributed by atoms with van der Waals surface area (Å²) >= 11 is 0. The summed E-state index contributed by atoms with van der Waals surface area (Å²) in [6.45, 7) is 1.64. The van der Waals surface area contributed by atoms with E-state index in [0.29, 0.717) is 5.56 Å². The minimum Gasteiger partial charge on any atom is -0.337 e. The van der Waals surface area contributed by atoms with Gasteiger partial charge in [-0.2, -0.15) is 5.26 Å². The lowest BCUT2D eigenvalue weighted by Gasteiger charge is -2.06. The van der Waals surface area contributed by atoms with Gasteiger partial charge in [0.1, 0.15) is 6.04 Å². The lowest BCUT2D eigenvalue weighted by molar-refractivity contribution is 0.0948. The van der Waals surface area contributed by atoms with Crippen molar-refractivity contribution in [2.45, 2.75) is 13.0 Å². The summed E-state index contributed by atoms with van der Waals surface area (Å²) in [5.74, 6) is -0.246. The largest absolute Gasteiger partial charge is 0.337 e. The smallest absolute Gasteiger partial charge is 0.252 e. The second-order valence-electron chi connectivity index (χ2n) is 3.74. The normalized spacial score (nSPS) is 11.8. The number of nitriles is 1. The summed E-state index contributed by atoms with van der Waals surface area (Å²) in [7, 11) is 0. The summed E-state index contributed by atoms with van der Waals surface area (Å²) in [6.07, 6.45) is 1.71. The lowest BCUT2D eigenvalue weighted by atomic mass is 10.1. The van der Waals surface area contributed by atoms with Crippen LogP contribution in [0.2, 0.25) is 0 Å².